The third-order valence-corrected chi connectivity index (χ3v) is 5.20. The lowest BCUT2D eigenvalue weighted by Gasteiger charge is -2.14. The van der Waals surface area contributed by atoms with Gasteiger partial charge in [0.15, 0.2) is 0 Å². The largest absolute Gasteiger partial charge is 0.340 e. The molecule has 1 fully saturated rings. The maximum Gasteiger partial charge on any atom is 0.264 e. The molecule has 5 nitrogen and oxygen atoms in total. The summed E-state index contributed by atoms with van der Waals surface area (Å²) < 4.78 is 0. The zero-order chi connectivity index (χ0) is 15.9. The molecule has 0 atom stereocenters. The monoisotopic (exact) mass is 314 g/mol. The molecule has 0 N–H and O–H groups in total. The molecule has 1 amide bonds. The van der Waals surface area contributed by atoms with Crippen LogP contribution in [0, 0.1) is 25.2 Å². The Bertz CT molecular complexity index is 786. The summed E-state index contributed by atoms with van der Waals surface area (Å²) in [5.74, 6) is 1.38. The lowest BCUT2D eigenvalue weighted by molar-refractivity contribution is 0.0802. The number of amides is 1. The number of carbonyl (C=O) groups excluding carboxylic acids is 1. The van der Waals surface area contributed by atoms with Crippen molar-refractivity contribution in [1.82, 2.24) is 14.9 Å². The van der Waals surface area contributed by atoms with Crippen LogP contribution in [-0.4, -0.2) is 34.4 Å². The van der Waals surface area contributed by atoms with E-state index in [-0.39, 0.29) is 5.91 Å². The van der Waals surface area contributed by atoms with Crippen molar-refractivity contribution in [3.05, 3.63) is 22.0 Å². The van der Waals surface area contributed by atoms with Crippen LogP contribution >= 0.6 is 11.3 Å². The van der Waals surface area contributed by atoms with Gasteiger partial charge in [-0.3, -0.25) is 4.79 Å². The van der Waals surface area contributed by atoms with Crippen LogP contribution in [0.5, 0.6) is 0 Å². The van der Waals surface area contributed by atoms with Crippen molar-refractivity contribution in [3.63, 3.8) is 0 Å². The van der Waals surface area contributed by atoms with Crippen LogP contribution in [0.4, 0.5) is 0 Å². The van der Waals surface area contributed by atoms with Crippen molar-refractivity contribution >= 4 is 27.5 Å². The highest BCUT2D eigenvalue weighted by atomic mass is 32.1. The smallest absolute Gasteiger partial charge is 0.264 e. The van der Waals surface area contributed by atoms with E-state index in [9.17, 15) is 4.79 Å². The van der Waals surface area contributed by atoms with E-state index in [1.54, 1.807) is 11.9 Å². The van der Waals surface area contributed by atoms with E-state index in [0.29, 0.717) is 23.8 Å². The zero-order valence-electron chi connectivity index (χ0n) is 13.0. The molecule has 22 heavy (non-hydrogen) atoms. The van der Waals surface area contributed by atoms with Gasteiger partial charge in [-0.25, -0.2) is 9.97 Å². The van der Waals surface area contributed by atoms with Crippen molar-refractivity contribution in [2.45, 2.75) is 39.0 Å². The molecule has 1 aliphatic carbocycles. The first-order chi connectivity index (χ1) is 10.5. The van der Waals surface area contributed by atoms with E-state index < -0.39 is 0 Å². The van der Waals surface area contributed by atoms with Gasteiger partial charge in [0.2, 0.25) is 0 Å². The lowest BCUT2D eigenvalue weighted by atomic mass is 10.1. The second-order valence-electron chi connectivity index (χ2n) is 5.81. The summed E-state index contributed by atoms with van der Waals surface area (Å²) in [6.07, 6.45) is 2.67. The number of rotatable bonds is 4. The van der Waals surface area contributed by atoms with Gasteiger partial charge in [0.05, 0.1) is 23.1 Å². The highest BCUT2D eigenvalue weighted by Crippen LogP contribution is 2.40. The second kappa shape index (κ2) is 5.65. The van der Waals surface area contributed by atoms with E-state index in [4.69, 9.17) is 5.26 Å². The summed E-state index contributed by atoms with van der Waals surface area (Å²) in [6, 6.07) is 2.07. The first kappa shape index (κ1) is 14.9. The molecule has 0 aliphatic heterocycles. The van der Waals surface area contributed by atoms with Gasteiger partial charge in [-0.1, -0.05) is 0 Å². The Labute approximate surface area is 133 Å². The molecular formula is C16H18N4OS. The zero-order valence-corrected chi connectivity index (χ0v) is 13.8. The molecule has 6 heteroatoms. The second-order valence-corrected chi connectivity index (χ2v) is 6.81. The van der Waals surface area contributed by atoms with Crippen LogP contribution in [0.1, 0.15) is 51.9 Å². The van der Waals surface area contributed by atoms with E-state index in [1.807, 2.05) is 13.8 Å². The summed E-state index contributed by atoms with van der Waals surface area (Å²) in [5, 5.41) is 9.66. The van der Waals surface area contributed by atoms with Gasteiger partial charge in [0.25, 0.3) is 5.91 Å². The molecular weight excluding hydrogens is 296 g/mol. The molecule has 2 heterocycles. The average Bonchev–Trinajstić information content (AvgIpc) is 3.28. The predicted octanol–water partition coefficient (Wildman–Crippen LogP) is 3.17. The Morgan fingerprint density at radius 2 is 2.14 bits per heavy atom. The molecule has 0 aromatic carbocycles. The fourth-order valence-electron chi connectivity index (χ4n) is 2.58. The van der Waals surface area contributed by atoms with Crippen molar-refractivity contribution < 1.29 is 4.79 Å². The number of aromatic nitrogens is 2. The fraction of sp³-hybridized carbons (Fsp3) is 0.500. The molecule has 0 bridgehead atoms. The normalized spacial score (nSPS) is 14.1. The standard InChI is InChI=1S/C16H18N4OS/c1-9-12-10(2)18-14(11-5-6-11)19-15(12)22-13(9)16(21)20(3)8-4-7-17/h11H,4-6,8H2,1-3H3. The van der Waals surface area contributed by atoms with E-state index >= 15 is 0 Å². The van der Waals surface area contributed by atoms with E-state index in [1.165, 1.54) is 11.3 Å². The van der Waals surface area contributed by atoms with Crippen molar-refractivity contribution in [2.24, 2.45) is 0 Å². The Morgan fingerprint density at radius 3 is 2.77 bits per heavy atom. The Morgan fingerprint density at radius 1 is 1.41 bits per heavy atom. The van der Waals surface area contributed by atoms with E-state index in [0.717, 1.165) is 40.1 Å². The van der Waals surface area contributed by atoms with Crippen LogP contribution in [0.3, 0.4) is 0 Å². The molecule has 2 aromatic rings. The molecule has 1 aliphatic rings. The molecule has 0 radical (unpaired) electrons. The molecule has 0 spiro atoms. The summed E-state index contributed by atoms with van der Waals surface area (Å²) in [5.41, 5.74) is 1.91. The predicted molar refractivity (Wildman–Crippen MR) is 86.1 cm³/mol. The highest BCUT2D eigenvalue weighted by molar-refractivity contribution is 7.20. The molecule has 0 saturated heterocycles. The third-order valence-electron chi connectivity index (χ3n) is 4.03. The topological polar surface area (TPSA) is 69.9 Å². The number of hydrogen-bond donors (Lipinski definition) is 0. The number of hydrogen-bond acceptors (Lipinski definition) is 5. The number of fused-ring (bicyclic) bond motifs is 1. The van der Waals surface area contributed by atoms with E-state index in [2.05, 4.69) is 16.0 Å². The summed E-state index contributed by atoms with van der Waals surface area (Å²) in [4.78, 5) is 25.1. The average molecular weight is 314 g/mol. The molecule has 1 saturated carbocycles. The van der Waals surface area contributed by atoms with Gasteiger partial charge in [-0.05, 0) is 32.3 Å². The molecule has 114 valence electrons. The van der Waals surface area contributed by atoms with Crippen LogP contribution in [0.15, 0.2) is 0 Å². The maximum absolute atomic E-state index is 12.6. The number of nitriles is 1. The minimum absolute atomic E-state index is 0.0388. The first-order valence-electron chi connectivity index (χ1n) is 7.43. The quantitative estimate of drug-likeness (QED) is 0.869. The minimum atomic E-state index is -0.0388. The Kier molecular flexibility index (Phi) is 3.83. The first-order valence-corrected chi connectivity index (χ1v) is 8.24. The molecule has 2 aromatic heterocycles. The van der Waals surface area contributed by atoms with Gasteiger partial charge < -0.3 is 4.90 Å². The highest BCUT2D eigenvalue weighted by Gasteiger charge is 2.28. The maximum atomic E-state index is 12.6. The van der Waals surface area contributed by atoms with Gasteiger partial charge in [-0.15, -0.1) is 11.3 Å². The van der Waals surface area contributed by atoms with Crippen LogP contribution in [0.25, 0.3) is 10.2 Å². The van der Waals surface area contributed by atoms with Crippen LogP contribution < -0.4 is 0 Å². The Hall–Kier alpha value is -2.00. The SMILES string of the molecule is Cc1nc(C2CC2)nc2sc(C(=O)N(C)CCC#N)c(C)c12. The minimum Gasteiger partial charge on any atom is -0.340 e. The third kappa shape index (κ3) is 2.57. The number of thiophene rings is 1. The fourth-order valence-corrected chi connectivity index (χ4v) is 3.81. The van der Waals surface area contributed by atoms with Crippen LogP contribution in [0.2, 0.25) is 0 Å². The van der Waals surface area contributed by atoms with Gasteiger partial charge in [-0.2, -0.15) is 5.26 Å². The number of nitrogens with zero attached hydrogens (tertiary/aromatic N) is 4. The summed E-state index contributed by atoms with van der Waals surface area (Å²) in [6.45, 7) is 4.39. The lowest BCUT2D eigenvalue weighted by Crippen LogP contribution is -2.27. The van der Waals surface area contributed by atoms with Gasteiger partial charge in [0, 0.05) is 24.9 Å². The number of aryl methyl sites for hydroxylation is 2. The summed E-state index contributed by atoms with van der Waals surface area (Å²) in [7, 11) is 1.73. The Balaban J connectivity index is 2.00. The van der Waals surface area contributed by atoms with Crippen molar-refractivity contribution in [1.29, 1.82) is 5.26 Å². The summed E-state index contributed by atoms with van der Waals surface area (Å²) >= 11 is 1.44. The van der Waals surface area contributed by atoms with Crippen molar-refractivity contribution in [3.8, 4) is 6.07 Å². The number of carbonyl (C=O) groups is 1. The molecule has 3 rings (SSSR count). The van der Waals surface area contributed by atoms with Gasteiger partial charge in [0.1, 0.15) is 10.7 Å². The van der Waals surface area contributed by atoms with Crippen molar-refractivity contribution in [2.75, 3.05) is 13.6 Å². The van der Waals surface area contributed by atoms with Crippen LogP contribution in [-0.2, 0) is 0 Å². The van der Waals surface area contributed by atoms with Gasteiger partial charge >= 0.3 is 0 Å². The molecule has 0 unspecified atom stereocenters.